The molecule has 0 spiro atoms. The maximum atomic E-state index is 5.91. The molecule has 154 valence electrons. The third-order valence-corrected chi connectivity index (χ3v) is 5.62. The van der Waals surface area contributed by atoms with Crippen molar-refractivity contribution in [1.82, 2.24) is 20.5 Å². The van der Waals surface area contributed by atoms with Gasteiger partial charge in [-0.3, -0.25) is 9.89 Å². The van der Waals surface area contributed by atoms with Gasteiger partial charge in [0.1, 0.15) is 0 Å². The van der Waals surface area contributed by atoms with E-state index in [1.54, 1.807) is 0 Å². The summed E-state index contributed by atoms with van der Waals surface area (Å²) in [5, 5.41) is 7.97. The minimum absolute atomic E-state index is 0.182. The number of nitrogens with zero attached hydrogens (tertiary/aromatic N) is 3. The van der Waals surface area contributed by atoms with E-state index in [1.807, 2.05) is 11.3 Å². The highest BCUT2D eigenvalue weighted by Gasteiger charge is 2.20. The number of aliphatic imine (C=N–C) groups is 1. The predicted molar refractivity (Wildman–Crippen MR) is 115 cm³/mol. The number of aromatic nitrogens is 1. The summed E-state index contributed by atoms with van der Waals surface area (Å²) in [6, 6.07) is 0. The van der Waals surface area contributed by atoms with E-state index in [9.17, 15) is 0 Å². The molecular formula is C20H37N5OS. The fourth-order valence-corrected chi connectivity index (χ4v) is 4.34. The lowest BCUT2D eigenvalue weighted by atomic mass is 10.2. The van der Waals surface area contributed by atoms with Gasteiger partial charge >= 0.3 is 0 Å². The average molecular weight is 396 g/mol. The number of nitrogens with one attached hydrogen (secondary N) is 2. The smallest absolute Gasteiger partial charge is 0.191 e. The number of morpholine rings is 1. The minimum Gasteiger partial charge on any atom is -0.374 e. The van der Waals surface area contributed by atoms with Gasteiger partial charge in [-0.05, 0) is 26.2 Å². The fourth-order valence-electron chi connectivity index (χ4n) is 3.32. The lowest BCUT2D eigenvalue weighted by Crippen LogP contribution is -2.46. The second-order valence-electron chi connectivity index (χ2n) is 7.51. The van der Waals surface area contributed by atoms with Crippen molar-refractivity contribution < 1.29 is 4.74 Å². The Kier molecular flexibility index (Phi) is 9.51. The van der Waals surface area contributed by atoms with Crippen LogP contribution in [0.2, 0.25) is 0 Å². The molecule has 27 heavy (non-hydrogen) atoms. The van der Waals surface area contributed by atoms with E-state index >= 15 is 0 Å². The second-order valence-corrected chi connectivity index (χ2v) is 8.79. The molecule has 1 unspecified atom stereocenters. The molecule has 1 saturated heterocycles. The molecule has 0 saturated carbocycles. The first-order valence-corrected chi connectivity index (χ1v) is 11.1. The van der Waals surface area contributed by atoms with Gasteiger partial charge in [0.25, 0.3) is 0 Å². The van der Waals surface area contributed by atoms with E-state index in [4.69, 9.17) is 14.7 Å². The highest BCUT2D eigenvalue weighted by atomic mass is 32.1. The van der Waals surface area contributed by atoms with Crippen molar-refractivity contribution >= 4 is 17.3 Å². The van der Waals surface area contributed by atoms with Gasteiger partial charge in [-0.2, -0.15) is 0 Å². The summed E-state index contributed by atoms with van der Waals surface area (Å²) in [5.41, 5.74) is 1.23. The minimum atomic E-state index is 0.182. The molecule has 6 nitrogen and oxygen atoms in total. The van der Waals surface area contributed by atoms with Crippen LogP contribution < -0.4 is 10.6 Å². The van der Waals surface area contributed by atoms with Gasteiger partial charge in [-0.15, -0.1) is 11.3 Å². The van der Waals surface area contributed by atoms with Crippen LogP contribution in [-0.2, 0) is 17.6 Å². The van der Waals surface area contributed by atoms with E-state index in [0.717, 1.165) is 58.1 Å². The first-order chi connectivity index (χ1) is 13.0. The normalized spacial score (nSPS) is 18.9. The Hall–Kier alpha value is -1.18. The number of ether oxygens (including phenoxy) is 1. The van der Waals surface area contributed by atoms with Crippen molar-refractivity contribution in [2.75, 3.05) is 45.9 Å². The van der Waals surface area contributed by atoms with E-state index < -0.39 is 0 Å². The molecule has 1 aliphatic rings. The summed E-state index contributed by atoms with van der Waals surface area (Å²) in [6.07, 6.45) is 2.12. The lowest BCUT2D eigenvalue weighted by Gasteiger charge is -2.33. The number of hydrogen-bond acceptors (Lipinski definition) is 5. The van der Waals surface area contributed by atoms with Gasteiger partial charge in [0.15, 0.2) is 5.96 Å². The number of aryl methyl sites for hydroxylation is 2. The first-order valence-electron chi connectivity index (χ1n) is 10.3. The maximum absolute atomic E-state index is 5.91. The summed E-state index contributed by atoms with van der Waals surface area (Å²) in [4.78, 5) is 13.3. The molecule has 7 heteroatoms. The third-order valence-electron chi connectivity index (χ3n) is 4.55. The number of guanidine groups is 1. The summed E-state index contributed by atoms with van der Waals surface area (Å²) in [5.74, 6) is 1.56. The average Bonchev–Trinajstić information content (AvgIpc) is 2.99. The lowest BCUT2D eigenvalue weighted by molar-refractivity contribution is -0.0261. The van der Waals surface area contributed by atoms with Crippen LogP contribution in [0.3, 0.4) is 0 Å². The summed E-state index contributed by atoms with van der Waals surface area (Å²) in [6.45, 7) is 17.3. The molecule has 0 bridgehead atoms. The Morgan fingerprint density at radius 3 is 2.85 bits per heavy atom. The van der Waals surface area contributed by atoms with E-state index in [1.165, 1.54) is 15.6 Å². The molecule has 1 aromatic rings. The number of thiazole rings is 1. The van der Waals surface area contributed by atoms with E-state index in [0.29, 0.717) is 12.5 Å². The predicted octanol–water partition coefficient (Wildman–Crippen LogP) is 2.47. The zero-order valence-electron chi connectivity index (χ0n) is 17.7. The summed E-state index contributed by atoms with van der Waals surface area (Å²) < 4.78 is 5.91. The topological polar surface area (TPSA) is 61.8 Å². The van der Waals surface area contributed by atoms with E-state index in [-0.39, 0.29) is 6.10 Å². The zero-order chi connectivity index (χ0) is 19.6. The molecule has 0 aliphatic carbocycles. The molecule has 0 radical (unpaired) electrons. The SMILES string of the molecule is CCNC(=NCC1CN(CC(C)C)CCO1)NCCc1nc(CC)c(C)s1. The second kappa shape index (κ2) is 11.6. The molecule has 0 amide bonds. The molecule has 2 N–H and O–H groups in total. The highest BCUT2D eigenvalue weighted by molar-refractivity contribution is 7.11. The first kappa shape index (κ1) is 22.1. The van der Waals surface area contributed by atoms with Crippen molar-refractivity contribution in [2.24, 2.45) is 10.9 Å². The Labute approximate surface area is 168 Å². The Morgan fingerprint density at radius 2 is 2.19 bits per heavy atom. The van der Waals surface area contributed by atoms with Crippen LogP contribution in [0.1, 0.15) is 43.3 Å². The molecule has 1 atom stereocenters. The Bertz CT molecular complexity index is 587. The van der Waals surface area contributed by atoms with Crippen LogP contribution in [0, 0.1) is 12.8 Å². The number of rotatable bonds is 9. The zero-order valence-corrected chi connectivity index (χ0v) is 18.5. The van der Waals surface area contributed by atoms with E-state index in [2.05, 4.69) is 50.2 Å². The van der Waals surface area contributed by atoms with Crippen molar-refractivity contribution in [3.63, 3.8) is 0 Å². The van der Waals surface area contributed by atoms with Gasteiger partial charge in [0.05, 0.1) is 30.0 Å². The standard InChI is InChI=1S/C20H37N5OS/c1-6-18-16(5)27-19(24-18)8-9-22-20(21-7-2)23-12-17-14-25(10-11-26-17)13-15(3)4/h15,17H,6-14H2,1-5H3,(H2,21,22,23). The molecule has 2 heterocycles. The van der Waals surface area contributed by atoms with Crippen molar-refractivity contribution in [1.29, 1.82) is 0 Å². The van der Waals surface area contributed by atoms with Crippen LogP contribution in [-0.4, -0.2) is 67.8 Å². The van der Waals surface area contributed by atoms with Crippen molar-refractivity contribution in [2.45, 2.75) is 53.6 Å². The largest absolute Gasteiger partial charge is 0.374 e. The number of hydrogen-bond donors (Lipinski definition) is 2. The van der Waals surface area contributed by atoms with Gasteiger partial charge < -0.3 is 15.4 Å². The van der Waals surface area contributed by atoms with Crippen LogP contribution in [0.25, 0.3) is 0 Å². The van der Waals surface area contributed by atoms with Crippen LogP contribution in [0.4, 0.5) is 0 Å². The third kappa shape index (κ3) is 7.76. The molecule has 2 rings (SSSR count). The maximum Gasteiger partial charge on any atom is 0.191 e. The van der Waals surface area contributed by atoms with Gasteiger partial charge in [-0.1, -0.05) is 20.8 Å². The highest BCUT2D eigenvalue weighted by Crippen LogP contribution is 2.18. The van der Waals surface area contributed by atoms with Gasteiger partial charge in [0, 0.05) is 44.0 Å². The quantitative estimate of drug-likeness (QED) is 0.497. The van der Waals surface area contributed by atoms with Gasteiger partial charge in [0.2, 0.25) is 0 Å². The molecule has 1 fully saturated rings. The summed E-state index contributed by atoms with van der Waals surface area (Å²) in [7, 11) is 0. The molecule has 1 aromatic heterocycles. The Morgan fingerprint density at radius 1 is 1.37 bits per heavy atom. The Balaban J connectivity index is 1.80. The fraction of sp³-hybridized carbons (Fsp3) is 0.800. The van der Waals surface area contributed by atoms with Crippen LogP contribution >= 0.6 is 11.3 Å². The van der Waals surface area contributed by atoms with Gasteiger partial charge in [-0.25, -0.2) is 4.98 Å². The van der Waals surface area contributed by atoms with Crippen molar-refractivity contribution in [3.8, 4) is 0 Å². The van der Waals surface area contributed by atoms with Crippen molar-refractivity contribution in [3.05, 3.63) is 15.6 Å². The monoisotopic (exact) mass is 395 g/mol. The molecule has 0 aromatic carbocycles. The van der Waals surface area contributed by atoms with Crippen LogP contribution in [0.15, 0.2) is 4.99 Å². The molecule has 1 aliphatic heterocycles. The van der Waals surface area contributed by atoms with Crippen LogP contribution in [0.5, 0.6) is 0 Å². The molecular weight excluding hydrogens is 358 g/mol. The summed E-state index contributed by atoms with van der Waals surface area (Å²) >= 11 is 1.81.